The minimum atomic E-state index is 1.07. The molecule has 0 spiro atoms. The van der Waals surface area contributed by atoms with E-state index in [-0.39, 0.29) is 0 Å². The monoisotopic (exact) mass is 1740 g/mol. The van der Waals surface area contributed by atoms with Gasteiger partial charge in [-0.3, -0.25) is 0 Å². The predicted octanol–water partition coefficient (Wildman–Crippen LogP) is 34.4. The van der Waals surface area contributed by atoms with Crippen molar-refractivity contribution in [1.29, 1.82) is 0 Å². The molecule has 121 heavy (non-hydrogen) atoms. The van der Waals surface area contributed by atoms with Crippen molar-refractivity contribution in [3.63, 3.8) is 0 Å². The summed E-state index contributed by atoms with van der Waals surface area (Å²) in [7, 11) is 0. The van der Waals surface area contributed by atoms with Gasteiger partial charge in [0, 0.05) is 80.8 Å². The maximum atomic E-state index is 3.70. The fourth-order valence-corrected chi connectivity index (χ4v) is 18.3. The molecule has 0 atom stereocenters. The molecule has 7 heteroatoms. The summed E-state index contributed by atoms with van der Waals surface area (Å²) in [6.45, 7) is 0. The van der Waals surface area contributed by atoms with Crippen LogP contribution < -0.4 is 14.7 Å². The quantitative estimate of drug-likeness (QED) is 0.101. The Kier molecular flexibility index (Phi) is 21.0. The Balaban J connectivity index is 0.000000117. The zero-order valence-corrected chi connectivity index (χ0v) is 70.6. The molecule has 0 aliphatic carbocycles. The third-order valence-electron chi connectivity index (χ3n) is 22.9. The normalized spacial score (nSPS) is 11.3. The van der Waals surface area contributed by atoms with Gasteiger partial charge in [-0.05, 0) is 268 Å². The van der Waals surface area contributed by atoms with Gasteiger partial charge in [0.15, 0.2) is 0 Å². The van der Waals surface area contributed by atoms with Gasteiger partial charge in [0.05, 0.1) is 16.7 Å². The highest BCUT2D eigenvalue weighted by molar-refractivity contribution is 9.11. The van der Waals surface area contributed by atoms with Crippen LogP contribution in [0.15, 0.2) is 481 Å². The van der Waals surface area contributed by atoms with Crippen LogP contribution in [-0.2, 0) is 0 Å². The highest BCUT2D eigenvalue weighted by atomic mass is 79.9. The summed E-state index contributed by atoms with van der Waals surface area (Å²) in [5.74, 6) is 0. The van der Waals surface area contributed by atoms with Crippen LogP contribution in [0.4, 0.5) is 51.2 Å². The summed E-state index contributed by atoms with van der Waals surface area (Å²) in [6.07, 6.45) is 0. The van der Waals surface area contributed by atoms with Crippen LogP contribution in [0.3, 0.4) is 0 Å². The Morgan fingerprint density at radius 1 is 0.165 bits per heavy atom. The Morgan fingerprint density at radius 2 is 0.562 bits per heavy atom. The molecule has 1 aromatic heterocycles. The maximum absolute atomic E-state index is 3.70. The van der Waals surface area contributed by atoms with E-state index in [0.29, 0.717) is 0 Å². The molecule has 21 aromatic carbocycles. The number of aromatic nitrogens is 1. The van der Waals surface area contributed by atoms with Crippen molar-refractivity contribution < 1.29 is 0 Å². The lowest BCUT2D eigenvalue weighted by molar-refractivity contribution is 1.18. The van der Waals surface area contributed by atoms with Gasteiger partial charge in [0.1, 0.15) is 0 Å². The van der Waals surface area contributed by atoms with Crippen molar-refractivity contribution in [1.82, 2.24) is 4.57 Å². The van der Waals surface area contributed by atoms with E-state index >= 15 is 0 Å². The molecule has 0 saturated carbocycles. The summed E-state index contributed by atoms with van der Waals surface area (Å²) in [6, 6.07) is 168. The first kappa shape index (κ1) is 75.6. The van der Waals surface area contributed by atoms with Crippen molar-refractivity contribution in [3.8, 4) is 50.2 Å². The van der Waals surface area contributed by atoms with Gasteiger partial charge in [-0.15, -0.1) is 0 Å². The molecule has 574 valence electrons. The van der Waals surface area contributed by atoms with Gasteiger partial charge in [-0.2, -0.15) is 0 Å². The second-order valence-electron chi connectivity index (χ2n) is 30.3. The fourth-order valence-electron chi connectivity index (χ4n) is 17.3. The number of halogens is 3. The summed E-state index contributed by atoms with van der Waals surface area (Å²) in [4.78, 5) is 7.08. The molecule has 22 aromatic rings. The third-order valence-corrected chi connectivity index (χ3v) is 24.5. The van der Waals surface area contributed by atoms with Crippen LogP contribution in [0.2, 0.25) is 0 Å². The molecule has 0 aliphatic heterocycles. The zero-order chi connectivity index (χ0) is 81.1. The average Bonchev–Trinajstić information content (AvgIpc) is 1.58. The third kappa shape index (κ3) is 15.3. The molecule has 0 unspecified atom stereocenters. The number of para-hydroxylation sites is 4. The average molecular weight is 1740 g/mol. The molecule has 0 saturated heterocycles. The first-order valence-corrected chi connectivity index (χ1v) is 43.1. The van der Waals surface area contributed by atoms with Gasteiger partial charge in [0.25, 0.3) is 0 Å². The van der Waals surface area contributed by atoms with Crippen LogP contribution in [0.25, 0.3) is 137 Å². The summed E-state index contributed by atoms with van der Waals surface area (Å²) in [5, 5.41) is 17.4. The molecule has 0 amide bonds. The van der Waals surface area contributed by atoms with Gasteiger partial charge < -0.3 is 19.3 Å². The molecule has 0 bridgehead atoms. The van der Waals surface area contributed by atoms with E-state index in [4.69, 9.17) is 0 Å². The molecule has 0 radical (unpaired) electrons. The smallest absolute Gasteiger partial charge is 0.0561 e. The Morgan fingerprint density at radius 3 is 1.19 bits per heavy atom. The first-order chi connectivity index (χ1) is 59.7. The van der Waals surface area contributed by atoms with Crippen molar-refractivity contribution in [3.05, 3.63) is 481 Å². The molecule has 22 rings (SSSR count). The van der Waals surface area contributed by atoms with E-state index in [1.54, 1.807) is 0 Å². The topological polar surface area (TPSA) is 14.7 Å². The SMILES string of the molecule is Brc1ccc(-c2cc3ccc(N(c4ccccc4)c4cc(-c5ccccc5)cc(-c5ccccc5)c4)cc3c3ccccc23)cc1.Brc1ccc2c(ccc3cc(N(c4ccccc4)c4ccc(-c5cccc6ccccc56)cc4)ccc32)c1.Brc1ccc2c3ccc(N(c4ccccc4)c4cccc5ccccc45)cc3n(-c3ccccc3)c2c1. The molecule has 1 heterocycles. The molecule has 0 aliphatic rings. The number of nitrogens with zero attached hydrogens (tertiary/aromatic N) is 4. The largest absolute Gasteiger partial charge is 0.310 e. The number of fused-ring (bicyclic) bond motifs is 11. The second-order valence-corrected chi connectivity index (χ2v) is 33.1. The second kappa shape index (κ2) is 33.7. The lowest BCUT2D eigenvalue weighted by Gasteiger charge is -2.27. The van der Waals surface area contributed by atoms with Crippen LogP contribution in [0, 0.1) is 0 Å². The van der Waals surface area contributed by atoms with Gasteiger partial charge >= 0.3 is 0 Å². The van der Waals surface area contributed by atoms with E-state index in [9.17, 15) is 0 Å². The van der Waals surface area contributed by atoms with Crippen molar-refractivity contribution in [2.75, 3.05) is 14.7 Å². The van der Waals surface area contributed by atoms with E-state index in [1.165, 1.54) is 131 Å². The zero-order valence-electron chi connectivity index (χ0n) is 65.9. The number of hydrogen-bond acceptors (Lipinski definition) is 3. The molecule has 4 nitrogen and oxygen atoms in total. The fraction of sp³-hybridized carbons (Fsp3) is 0. The van der Waals surface area contributed by atoms with Crippen LogP contribution in [0.1, 0.15) is 0 Å². The van der Waals surface area contributed by atoms with Crippen LogP contribution >= 0.6 is 47.8 Å². The van der Waals surface area contributed by atoms with Gasteiger partial charge in [-0.25, -0.2) is 0 Å². The van der Waals surface area contributed by atoms with E-state index in [2.05, 4.69) is 534 Å². The highest BCUT2D eigenvalue weighted by Gasteiger charge is 2.23. The minimum absolute atomic E-state index is 1.07. The summed E-state index contributed by atoms with van der Waals surface area (Å²) >= 11 is 10.9. The minimum Gasteiger partial charge on any atom is -0.310 e. The molecule has 0 N–H and O–H groups in total. The van der Waals surface area contributed by atoms with E-state index < -0.39 is 0 Å². The number of rotatable bonds is 14. The van der Waals surface area contributed by atoms with Gasteiger partial charge in [0.2, 0.25) is 0 Å². The molecular formula is C114H77Br3N4. The first-order valence-electron chi connectivity index (χ1n) is 40.7. The maximum Gasteiger partial charge on any atom is 0.0561 e. The number of hydrogen-bond donors (Lipinski definition) is 0. The number of anilines is 9. The molecular weight excluding hydrogens is 1660 g/mol. The summed E-state index contributed by atoms with van der Waals surface area (Å²) in [5.41, 5.74) is 23.3. The highest BCUT2D eigenvalue weighted by Crippen LogP contribution is 2.47. The van der Waals surface area contributed by atoms with Crippen molar-refractivity contribution >= 4 is 185 Å². The Labute approximate surface area is 729 Å². The lowest BCUT2D eigenvalue weighted by Crippen LogP contribution is -2.10. The number of benzene rings is 21. The Bertz CT molecular complexity index is 7470. The van der Waals surface area contributed by atoms with Crippen LogP contribution in [-0.4, -0.2) is 4.57 Å². The standard InChI is InChI=1S/C44H30BrN.C36H24BrN.C34H23BrN2/c45-37-23-20-33(21-24-37)43-29-34-22-25-39(30-44(34)42-19-11-10-18-41(42)43)46(38-16-8-3-9-17-38)40-27-35(31-12-4-1-5-13-31)26-36(28-40)32-14-6-2-7-15-32;37-29-17-21-35-27(23-29)13-14-28-24-32(20-22-36(28)35)38(30-9-2-1-3-10-30)31-18-15-26(16-19-31)34-12-6-8-25-7-4-5-11-33(25)34;35-25-18-20-30-31-21-19-28(23-34(31)37(33(30)22-25)27-14-5-2-6-15-27)36(26-12-3-1-4-13-26)32-17-9-11-24-10-7-8-16-29(24)32/h1-30H;1-24H;1-23H. The van der Waals surface area contributed by atoms with E-state index in [1.807, 2.05) is 0 Å². The van der Waals surface area contributed by atoms with Crippen molar-refractivity contribution in [2.24, 2.45) is 0 Å². The van der Waals surface area contributed by atoms with Crippen molar-refractivity contribution in [2.45, 2.75) is 0 Å². The van der Waals surface area contributed by atoms with Crippen LogP contribution in [0.5, 0.6) is 0 Å². The van der Waals surface area contributed by atoms with Gasteiger partial charge in [-0.1, -0.05) is 351 Å². The lowest BCUT2D eigenvalue weighted by atomic mass is 9.93. The predicted molar refractivity (Wildman–Crippen MR) is 528 cm³/mol. The van der Waals surface area contributed by atoms with E-state index in [0.717, 1.165) is 70.3 Å². The summed E-state index contributed by atoms with van der Waals surface area (Å²) < 4.78 is 5.62. The molecule has 0 fully saturated rings. The Hall–Kier alpha value is -14.2.